The van der Waals surface area contributed by atoms with Gasteiger partial charge in [0.1, 0.15) is 18.5 Å². The van der Waals surface area contributed by atoms with E-state index in [1.807, 2.05) is 0 Å². The summed E-state index contributed by atoms with van der Waals surface area (Å²) in [6.45, 7) is 0.0256. The van der Waals surface area contributed by atoms with Gasteiger partial charge in [0.25, 0.3) is 0 Å². The van der Waals surface area contributed by atoms with Crippen LogP contribution < -0.4 is 10.1 Å². The highest BCUT2D eigenvalue weighted by Gasteiger charge is 2.08. The molecule has 0 spiro atoms. The third-order valence-electron chi connectivity index (χ3n) is 2.67. The first-order valence-corrected chi connectivity index (χ1v) is 6.20. The van der Waals surface area contributed by atoms with Crippen molar-refractivity contribution < 1.29 is 18.6 Å². The number of anilines is 1. The Morgan fingerprint density at radius 2 is 1.65 bits per heavy atom. The fraction of sp³-hybridized carbons (Fsp3) is 0.200. The van der Waals surface area contributed by atoms with E-state index in [1.54, 1.807) is 30.3 Å². The maximum Gasteiger partial charge on any atom is 0.165 e. The second kappa shape index (κ2) is 6.86. The lowest BCUT2D eigenvalue weighted by Crippen LogP contribution is -2.26. The molecule has 0 fully saturated rings. The molecule has 0 saturated carbocycles. The van der Waals surface area contributed by atoms with Crippen LogP contribution in [0.1, 0.15) is 0 Å². The molecule has 106 valence electrons. The van der Waals surface area contributed by atoms with Crippen LogP contribution in [0.15, 0.2) is 48.5 Å². The van der Waals surface area contributed by atoms with E-state index in [0.29, 0.717) is 5.69 Å². The zero-order chi connectivity index (χ0) is 14.4. The Morgan fingerprint density at radius 1 is 1.00 bits per heavy atom. The third kappa shape index (κ3) is 3.93. The highest BCUT2D eigenvalue weighted by molar-refractivity contribution is 5.44. The highest BCUT2D eigenvalue weighted by Crippen LogP contribution is 2.16. The van der Waals surface area contributed by atoms with Crippen molar-refractivity contribution in [2.75, 3.05) is 18.5 Å². The minimum absolute atomic E-state index is 0.0810. The molecule has 20 heavy (non-hydrogen) atoms. The second-order valence-corrected chi connectivity index (χ2v) is 4.26. The summed E-state index contributed by atoms with van der Waals surface area (Å²) in [7, 11) is 0. The van der Waals surface area contributed by atoms with Crippen LogP contribution in [0.25, 0.3) is 0 Å². The molecule has 2 aromatic rings. The molecule has 0 saturated heterocycles. The molecule has 0 aliphatic rings. The number of benzene rings is 2. The van der Waals surface area contributed by atoms with Crippen molar-refractivity contribution in [1.82, 2.24) is 0 Å². The van der Waals surface area contributed by atoms with E-state index in [9.17, 15) is 13.9 Å². The first-order valence-electron chi connectivity index (χ1n) is 6.20. The van der Waals surface area contributed by atoms with E-state index < -0.39 is 17.7 Å². The molecule has 0 aromatic heterocycles. The van der Waals surface area contributed by atoms with Gasteiger partial charge in [-0.15, -0.1) is 0 Å². The molecule has 0 bridgehead atoms. The van der Waals surface area contributed by atoms with E-state index in [2.05, 4.69) is 5.32 Å². The number of aliphatic hydroxyl groups excluding tert-OH is 1. The minimum atomic E-state index is -0.880. The fourth-order valence-electron chi connectivity index (χ4n) is 1.64. The lowest BCUT2D eigenvalue weighted by atomic mass is 10.3. The van der Waals surface area contributed by atoms with E-state index in [-0.39, 0.29) is 18.9 Å². The summed E-state index contributed by atoms with van der Waals surface area (Å²) in [6.07, 6.45) is -0.880. The summed E-state index contributed by atoms with van der Waals surface area (Å²) in [5.74, 6) is -0.797. The van der Waals surface area contributed by atoms with Crippen molar-refractivity contribution in [1.29, 1.82) is 0 Å². The van der Waals surface area contributed by atoms with E-state index in [0.717, 1.165) is 0 Å². The predicted octanol–water partition coefficient (Wildman–Crippen LogP) is 2.82. The van der Waals surface area contributed by atoms with Crippen LogP contribution >= 0.6 is 0 Å². The summed E-state index contributed by atoms with van der Waals surface area (Å²) < 4.78 is 31.7. The summed E-state index contributed by atoms with van der Waals surface area (Å²) in [5.41, 5.74) is 0.303. The quantitative estimate of drug-likeness (QED) is 0.854. The lowest BCUT2D eigenvalue weighted by Gasteiger charge is -2.14. The molecule has 0 heterocycles. The van der Waals surface area contributed by atoms with Gasteiger partial charge in [-0.3, -0.25) is 0 Å². The molecule has 1 unspecified atom stereocenters. The molecule has 0 radical (unpaired) electrons. The number of ether oxygens (including phenoxy) is 1. The smallest absolute Gasteiger partial charge is 0.165 e. The van der Waals surface area contributed by atoms with E-state index >= 15 is 0 Å². The van der Waals surface area contributed by atoms with Crippen LogP contribution in [0.3, 0.4) is 0 Å². The Morgan fingerprint density at radius 3 is 2.35 bits per heavy atom. The minimum Gasteiger partial charge on any atom is -0.488 e. The average Bonchev–Trinajstić information content (AvgIpc) is 2.45. The van der Waals surface area contributed by atoms with Gasteiger partial charge in [0.15, 0.2) is 11.6 Å². The van der Waals surface area contributed by atoms with Gasteiger partial charge in [0.2, 0.25) is 0 Å². The van der Waals surface area contributed by atoms with Gasteiger partial charge in [-0.25, -0.2) is 8.78 Å². The molecule has 0 amide bonds. The Balaban J connectivity index is 1.80. The van der Waals surface area contributed by atoms with Gasteiger partial charge in [0, 0.05) is 6.54 Å². The van der Waals surface area contributed by atoms with Crippen molar-refractivity contribution in [3.63, 3.8) is 0 Å². The molecule has 3 nitrogen and oxygen atoms in total. The lowest BCUT2D eigenvalue weighted by molar-refractivity contribution is 0.115. The topological polar surface area (TPSA) is 41.5 Å². The summed E-state index contributed by atoms with van der Waals surface area (Å²) in [6, 6.07) is 12.1. The Kier molecular flexibility index (Phi) is 4.90. The fourth-order valence-corrected chi connectivity index (χ4v) is 1.64. The van der Waals surface area contributed by atoms with Crippen molar-refractivity contribution in [2.45, 2.75) is 6.10 Å². The van der Waals surface area contributed by atoms with Gasteiger partial charge in [-0.05, 0) is 24.3 Å². The summed E-state index contributed by atoms with van der Waals surface area (Å²) in [4.78, 5) is 0. The number of nitrogens with one attached hydrogen (secondary N) is 1. The SMILES string of the molecule is OC(CNc1ccccc1F)COc1ccccc1F. The van der Waals surface area contributed by atoms with Gasteiger partial charge >= 0.3 is 0 Å². The van der Waals surface area contributed by atoms with Crippen molar-refractivity contribution in [3.05, 3.63) is 60.2 Å². The molecule has 0 aliphatic heterocycles. The van der Waals surface area contributed by atoms with Gasteiger partial charge in [0.05, 0.1) is 5.69 Å². The number of aliphatic hydroxyl groups is 1. The molecule has 1 atom stereocenters. The van der Waals surface area contributed by atoms with Crippen molar-refractivity contribution in [3.8, 4) is 5.75 Å². The normalized spacial score (nSPS) is 11.9. The van der Waals surface area contributed by atoms with Crippen molar-refractivity contribution in [2.24, 2.45) is 0 Å². The second-order valence-electron chi connectivity index (χ2n) is 4.26. The van der Waals surface area contributed by atoms with Crippen LogP contribution in [-0.2, 0) is 0 Å². The van der Waals surface area contributed by atoms with Gasteiger partial charge in [-0.1, -0.05) is 24.3 Å². The van der Waals surface area contributed by atoms with Gasteiger partial charge in [-0.2, -0.15) is 0 Å². The van der Waals surface area contributed by atoms with E-state index in [4.69, 9.17) is 4.74 Å². The zero-order valence-corrected chi connectivity index (χ0v) is 10.7. The standard InChI is InChI=1S/C15H15F2NO2/c16-12-5-1-3-7-14(12)18-9-11(19)10-20-15-8-4-2-6-13(15)17/h1-8,11,18-19H,9-10H2. The van der Waals surface area contributed by atoms with Crippen LogP contribution in [0.4, 0.5) is 14.5 Å². The zero-order valence-electron chi connectivity index (χ0n) is 10.7. The maximum atomic E-state index is 13.3. The first kappa shape index (κ1) is 14.3. The number of hydrogen-bond donors (Lipinski definition) is 2. The van der Waals surface area contributed by atoms with Crippen LogP contribution in [-0.4, -0.2) is 24.4 Å². The third-order valence-corrected chi connectivity index (χ3v) is 2.67. The van der Waals surface area contributed by atoms with Crippen LogP contribution in [0, 0.1) is 11.6 Å². The molecule has 0 aliphatic carbocycles. The predicted molar refractivity (Wildman–Crippen MR) is 72.8 cm³/mol. The molecular weight excluding hydrogens is 264 g/mol. The van der Waals surface area contributed by atoms with Crippen LogP contribution in [0.5, 0.6) is 5.75 Å². The maximum absolute atomic E-state index is 13.3. The Bertz CT molecular complexity index is 514. The number of rotatable bonds is 6. The van der Waals surface area contributed by atoms with E-state index in [1.165, 1.54) is 18.2 Å². The average molecular weight is 279 g/mol. The Labute approximate surface area is 115 Å². The van der Waals surface area contributed by atoms with Gasteiger partial charge < -0.3 is 15.2 Å². The largest absolute Gasteiger partial charge is 0.488 e. The summed E-state index contributed by atoms with van der Waals surface area (Å²) >= 11 is 0. The summed E-state index contributed by atoms with van der Waals surface area (Å²) in [5, 5.41) is 12.5. The first-order chi connectivity index (χ1) is 9.66. The number of halogens is 2. The molecular formula is C15H15F2NO2. The Hall–Kier alpha value is -2.14. The monoisotopic (exact) mass is 279 g/mol. The molecule has 2 rings (SSSR count). The number of hydrogen-bond acceptors (Lipinski definition) is 3. The number of para-hydroxylation sites is 2. The van der Waals surface area contributed by atoms with Crippen molar-refractivity contribution >= 4 is 5.69 Å². The molecule has 2 N–H and O–H groups in total. The molecule has 2 aromatic carbocycles. The van der Waals surface area contributed by atoms with Crippen LogP contribution in [0.2, 0.25) is 0 Å². The highest BCUT2D eigenvalue weighted by atomic mass is 19.1. The molecule has 5 heteroatoms.